The first kappa shape index (κ1) is 16.8. The van der Waals surface area contributed by atoms with Gasteiger partial charge in [-0.3, -0.25) is 9.79 Å². The molecule has 0 aliphatic heterocycles. The highest BCUT2D eigenvalue weighted by molar-refractivity contribution is 5.86. The van der Waals surface area contributed by atoms with Crippen molar-refractivity contribution in [3.63, 3.8) is 0 Å². The van der Waals surface area contributed by atoms with E-state index in [1.165, 1.54) is 25.5 Å². The van der Waals surface area contributed by atoms with Gasteiger partial charge in [0.1, 0.15) is 12.3 Å². The van der Waals surface area contributed by atoms with Gasteiger partial charge in [-0.25, -0.2) is 0 Å². The molecule has 0 saturated carbocycles. The zero-order chi connectivity index (χ0) is 16.5. The van der Waals surface area contributed by atoms with Gasteiger partial charge in [-0.15, -0.1) is 0 Å². The summed E-state index contributed by atoms with van der Waals surface area (Å²) in [6.07, 6.45) is 8.47. The minimum atomic E-state index is -0.371. The minimum absolute atomic E-state index is 0.00820. The van der Waals surface area contributed by atoms with E-state index in [9.17, 15) is 4.79 Å². The largest absolute Gasteiger partial charge is 0.497 e. The van der Waals surface area contributed by atoms with Crippen molar-refractivity contribution in [2.24, 2.45) is 4.99 Å². The van der Waals surface area contributed by atoms with Crippen LogP contribution in [0.5, 0.6) is 5.75 Å². The number of methoxy groups -OCH3 is 2. The third kappa shape index (κ3) is 5.30. The number of carbonyl (C=O) groups is 1. The Balaban J connectivity index is 2.22. The van der Waals surface area contributed by atoms with Crippen LogP contribution in [0.1, 0.15) is 36.8 Å². The number of nitrogens with zero attached hydrogens (tertiary/aromatic N) is 1. The van der Waals surface area contributed by atoms with Gasteiger partial charge >= 0.3 is 5.97 Å². The van der Waals surface area contributed by atoms with Crippen LogP contribution >= 0.6 is 0 Å². The quantitative estimate of drug-likeness (QED) is 0.487. The maximum Gasteiger partial charge on any atom is 0.327 e. The average Bonchev–Trinajstić information content (AvgIpc) is 2.61. The summed E-state index contributed by atoms with van der Waals surface area (Å²) in [4.78, 5) is 15.3. The normalized spacial score (nSPS) is 13.9. The molecule has 0 bridgehead atoms. The van der Waals surface area contributed by atoms with E-state index in [0.717, 1.165) is 29.7 Å². The van der Waals surface area contributed by atoms with E-state index in [-0.39, 0.29) is 12.5 Å². The van der Waals surface area contributed by atoms with Gasteiger partial charge in [0.15, 0.2) is 0 Å². The highest BCUT2D eigenvalue weighted by Crippen LogP contribution is 2.18. The Kier molecular flexibility index (Phi) is 6.43. The smallest absolute Gasteiger partial charge is 0.327 e. The van der Waals surface area contributed by atoms with Crippen molar-refractivity contribution < 1.29 is 14.3 Å². The molecule has 0 aromatic heterocycles. The summed E-state index contributed by atoms with van der Waals surface area (Å²) < 4.78 is 9.82. The van der Waals surface area contributed by atoms with Crippen molar-refractivity contribution in [1.29, 1.82) is 0 Å². The fraction of sp³-hybridized carbons (Fsp3) is 0.368. The molecule has 0 spiro atoms. The van der Waals surface area contributed by atoms with Crippen LogP contribution in [0.3, 0.4) is 0 Å². The molecule has 1 aliphatic carbocycles. The summed E-state index contributed by atoms with van der Waals surface area (Å²) in [6.45, 7) is -0.00820. The number of ether oxygens (including phenoxy) is 2. The highest BCUT2D eigenvalue weighted by atomic mass is 16.5. The maximum absolute atomic E-state index is 11.1. The summed E-state index contributed by atoms with van der Waals surface area (Å²) in [7, 11) is 2.96. The first-order chi connectivity index (χ1) is 11.2. The third-order valence-electron chi connectivity index (χ3n) is 3.59. The zero-order valence-corrected chi connectivity index (χ0v) is 13.6. The van der Waals surface area contributed by atoms with Crippen LogP contribution in [0, 0.1) is 11.8 Å². The van der Waals surface area contributed by atoms with E-state index in [4.69, 9.17) is 4.74 Å². The number of carbonyl (C=O) groups excluding carboxylic acids is 1. The van der Waals surface area contributed by atoms with E-state index in [2.05, 4.69) is 27.6 Å². The summed E-state index contributed by atoms with van der Waals surface area (Å²) in [6, 6.07) is 5.64. The molecule has 0 N–H and O–H groups in total. The van der Waals surface area contributed by atoms with Crippen LogP contribution in [0.2, 0.25) is 0 Å². The molecule has 0 saturated heterocycles. The van der Waals surface area contributed by atoms with Gasteiger partial charge in [0.05, 0.1) is 14.2 Å². The lowest BCUT2D eigenvalue weighted by atomic mass is 9.99. The molecule has 1 aromatic carbocycles. The molecule has 1 aliphatic rings. The summed E-state index contributed by atoms with van der Waals surface area (Å²) >= 11 is 0. The van der Waals surface area contributed by atoms with Crippen molar-refractivity contribution in [2.75, 3.05) is 20.8 Å². The Labute approximate surface area is 137 Å². The van der Waals surface area contributed by atoms with Crippen molar-refractivity contribution in [3.05, 3.63) is 41.0 Å². The molecule has 0 atom stereocenters. The lowest BCUT2D eigenvalue weighted by molar-refractivity contribution is -0.138. The van der Waals surface area contributed by atoms with E-state index < -0.39 is 0 Å². The van der Waals surface area contributed by atoms with Crippen LogP contribution in [0.15, 0.2) is 34.8 Å². The predicted molar refractivity (Wildman–Crippen MR) is 90.9 cm³/mol. The van der Waals surface area contributed by atoms with Crippen LogP contribution < -0.4 is 4.74 Å². The fourth-order valence-corrected chi connectivity index (χ4v) is 2.27. The number of rotatable bonds is 4. The van der Waals surface area contributed by atoms with Crippen LogP contribution in [-0.4, -0.2) is 32.9 Å². The average molecular weight is 311 g/mol. The van der Waals surface area contributed by atoms with Gasteiger partial charge in [0, 0.05) is 17.3 Å². The summed E-state index contributed by atoms with van der Waals surface area (Å²) in [5.41, 5.74) is 2.90. The van der Waals surface area contributed by atoms with Gasteiger partial charge in [0.2, 0.25) is 0 Å². The number of allylic oxidation sites excluding steroid dienone is 2. The van der Waals surface area contributed by atoms with Gasteiger partial charge < -0.3 is 9.47 Å². The second-order valence-corrected chi connectivity index (χ2v) is 5.22. The molecule has 0 radical (unpaired) electrons. The van der Waals surface area contributed by atoms with E-state index >= 15 is 0 Å². The Morgan fingerprint density at radius 2 is 2.17 bits per heavy atom. The number of hydrogen-bond donors (Lipinski definition) is 0. The number of esters is 1. The fourth-order valence-electron chi connectivity index (χ4n) is 2.27. The Bertz CT molecular complexity index is 678. The van der Waals surface area contributed by atoms with E-state index in [1.807, 2.05) is 18.2 Å². The first-order valence-electron chi connectivity index (χ1n) is 7.68. The molecule has 23 heavy (non-hydrogen) atoms. The second kappa shape index (κ2) is 8.79. The van der Waals surface area contributed by atoms with Crippen molar-refractivity contribution in [3.8, 4) is 17.6 Å². The van der Waals surface area contributed by atoms with Crippen molar-refractivity contribution in [2.45, 2.75) is 25.7 Å². The van der Waals surface area contributed by atoms with Gasteiger partial charge in [-0.05, 0) is 49.5 Å². The standard InChI is InChI=1S/C19H21NO3/c1-22-18-11-10-16(9-8-15-6-4-3-5-7-15)17(12-18)13-20-14-19(21)23-2/h6,10-13H,3-5,7,14H2,1-2H3. The third-order valence-corrected chi connectivity index (χ3v) is 3.59. The summed E-state index contributed by atoms with van der Waals surface area (Å²) in [5, 5.41) is 0. The predicted octanol–water partition coefficient (Wildman–Crippen LogP) is 3.14. The van der Waals surface area contributed by atoms with E-state index in [1.54, 1.807) is 13.3 Å². The SMILES string of the molecule is COC(=O)CN=Cc1cc(OC)ccc1C#CC1=CCCCC1. The van der Waals surface area contributed by atoms with Crippen LogP contribution in [0.4, 0.5) is 0 Å². The maximum atomic E-state index is 11.1. The molecule has 2 rings (SSSR count). The molecule has 0 unspecified atom stereocenters. The number of benzene rings is 1. The van der Waals surface area contributed by atoms with Gasteiger partial charge in [0.25, 0.3) is 0 Å². The number of hydrogen-bond acceptors (Lipinski definition) is 4. The summed E-state index contributed by atoms with van der Waals surface area (Å²) in [5.74, 6) is 6.81. The Morgan fingerprint density at radius 3 is 2.87 bits per heavy atom. The van der Waals surface area contributed by atoms with E-state index in [0.29, 0.717) is 0 Å². The van der Waals surface area contributed by atoms with Crippen molar-refractivity contribution >= 4 is 12.2 Å². The topological polar surface area (TPSA) is 47.9 Å². The number of aliphatic imine (C=N–C) groups is 1. The molecule has 4 nitrogen and oxygen atoms in total. The Hall–Kier alpha value is -2.54. The molecule has 4 heteroatoms. The molecule has 120 valence electrons. The van der Waals surface area contributed by atoms with Crippen LogP contribution in [-0.2, 0) is 9.53 Å². The molecule has 1 aromatic rings. The molecular formula is C19H21NO3. The molecular weight excluding hydrogens is 290 g/mol. The highest BCUT2D eigenvalue weighted by Gasteiger charge is 2.03. The lowest BCUT2D eigenvalue weighted by Crippen LogP contribution is -2.04. The first-order valence-corrected chi connectivity index (χ1v) is 7.68. The second-order valence-electron chi connectivity index (χ2n) is 5.22. The molecule has 0 heterocycles. The van der Waals surface area contributed by atoms with Crippen LogP contribution in [0.25, 0.3) is 0 Å². The molecule has 0 fully saturated rings. The lowest BCUT2D eigenvalue weighted by Gasteiger charge is -2.06. The Morgan fingerprint density at radius 1 is 1.30 bits per heavy atom. The monoisotopic (exact) mass is 311 g/mol. The van der Waals surface area contributed by atoms with Gasteiger partial charge in [-0.2, -0.15) is 0 Å². The van der Waals surface area contributed by atoms with Gasteiger partial charge in [-0.1, -0.05) is 17.9 Å². The zero-order valence-electron chi connectivity index (χ0n) is 13.6. The minimum Gasteiger partial charge on any atom is -0.497 e. The van der Waals surface area contributed by atoms with Crippen molar-refractivity contribution in [1.82, 2.24) is 0 Å². The molecule has 0 amide bonds.